The summed E-state index contributed by atoms with van der Waals surface area (Å²) in [6.45, 7) is 4.56. The molecule has 0 aliphatic heterocycles. The van der Waals surface area contributed by atoms with Crippen LogP contribution in [0.5, 0.6) is 0 Å². The van der Waals surface area contributed by atoms with Crippen molar-refractivity contribution in [3.63, 3.8) is 0 Å². The molecule has 0 aromatic heterocycles. The lowest BCUT2D eigenvalue weighted by Gasteiger charge is -2.25. The van der Waals surface area contributed by atoms with Crippen LogP contribution in [0.1, 0.15) is 47.2 Å². The van der Waals surface area contributed by atoms with Gasteiger partial charge < -0.3 is 5.73 Å². The van der Waals surface area contributed by atoms with E-state index in [1.165, 1.54) is 0 Å². The first kappa shape index (κ1) is 12.3. The van der Waals surface area contributed by atoms with E-state index >= 15 is 0 Å². The number of Topliss-reactive ketones (excluding diaryl/α,β-unsaturated/α-hetero) is 1. The number of nitrogens with two attached hydrogens (primary N) is 1. The van der Waals surface area contributed by atoms with Crippen LogP contribution in [0.2, 0.25) is 0 Å². The lowest BCUT2D eigenvalue weighted by Crippen LogP contribution is -2.36. The Morgan fingerprint density at radius 3 is 2.18 bits per heavy atom. The summed E-state index contributed by atoms with van der Waals surface area (Å²) in [7, 11) is 0. The monoisotopic (exact) mass is 231 g/mol. The molecule has 1 aromatic rings. The zero-order chi connectivity index (χ0) is 12.5. The molecule has 0 spiro atoms. The number of rotatable bonds is 3. The third-order valence-corrected chi connectivity index (χ3v) is 3.92. The predicted molar refractivity (Wildman–Crippen MR) is 70.2 cm³/mol. The number of benzene rings is 1. The van der Waals surface area contributed by atoms with Crippen molar-refractivity contribution in [1.82, 2.24) is 0 Å². The zero-order valence-corrected chi connectivity index (χ0v) is 10.8. The fraction of sp³-hybridized carbons (Fsp3) is 0.533. The Labute approximate surface area is 103 Å². The fourth-order valence-electron chi connectivity index (χ4n) is 2.99. The van der Waals surface area contributed by atoms with Gasteiger partial charge in [-0.05, 0) is 38.8 Å². The van der Waals surface area contributed by atoms with E-state index in [0.717, 1.165) is 42.4 Å². The smallest absolute Gasteiger partial charge is 0.170 e. The summed E-state index contributed by atoms with van der Waals surface area (Å²) >= 11 is 0. The van der Waals surface area contributed by atoms with Gasteiger partial charge in [0.15, 0.2) is 5.78 Å². The Balaban J connectivity index is 2.35. The molecule has 1 aliphatic carbocycles. The summed E-state index contributed by atoms with van der Waals surface area (Å²) in [5, 5.41) is 0. The van der Waals surface area contributed by atoms with Crippen molar-refractivity contribution in [2.24, 2.45) is 11.1 Å². The molecule has 0 bridgehead atoms. The number of hydrogen-bond donors (Lipinski definition) is 1. The first-order valence-electron chi connectivity index (χ1n) is 6.41. The third kappa shape index (κ3) is 2.27. The van der Waals surface area contributed by atoms with E-state index in [0.29, 0.717) is 6.54 Å². The van der Waals surface area contributed by atoms with Crippen molar-refractivity contribution in [2.75, 3.05) is 6.54 Å². The van der Waals surface area contributed by atoms with E-state index in [2.05, 4.69) is 6.07 Å². The fourth-order valence-corrected chi connectivity index (χ4v) is 2.99. The van der Waals surface area contributed by atoms with Crippen LogP contribution in [0.3, 0.4) is 0 Å². The Morgan fingerprint density at radius 2 is 1.71 bits per heavy atom. The maximum absolute atomic E-state index is 12.6. The Morgan fingerprint density at radius 1 is 1.18 bits per heavy atom. The zero-order valence-electron chi connectivity index (χ0n) is 10.8. The first-order valence-corrected chi connectivity index (χ1v) is 6.41. The number of carbonyl (C=O) groups is 1. The van der Waals surface area contributed by atoms with Gasteiger partial charge >= 0.3 is 0 Å². The molecule has 0 amide bonds. The molecule has 0 heterocycles. The quantitative estimate of drug-likeness (QED) is 0.813. The Kier molecular flexibility index (Phi) is 3.34. The number of hydrogen-bond acceptors (Lipinski definition) is 2. The van der Waals surface area contributed by atoms with Crippen molar-refractivity contribution < 1.29 is 4.79 Å². The van der Waals surface area contributed by atoms with Gasteiger partial charge in [0.1, 0.15) is 0 Å². The van der Waals surface area contributed by atoms with Crippen molar-refractivity contribution in [2.45, 2.75) is 39.5 Å². The van der Waals surface area contributed by atoms with Gasteiger partial charge in [0.2, 0.25) is 0 Å². The topological polar surface area (TPSA) is 43.1 Å². The van der Waals surface area contributed by atoms with E-state index in [1.807, 2.05) is 26.0 Å². The molecule has 1 fully saturated rings. The van der Waals surface area contributed by atoms with Crippen LogP contribution in [0.15, 0.2) is 18.2 Å². The minimum absolute atomic E-state index is 0.254. The van der Waals surface area contributed by atoms with Crippen LogP contribution < -0.4 is 5.73 Å². The van der Waals surface area contributed by atoms with Crippen molar-refractivity contribution in [1.29, 1.82) is 0 Å². The van der Waals surface area contributed by atoms with Crippen LogP contribution in [-0.2, 0) is 0 Å². The average molecular weight is 231 g/mol. The highest BCUT2D eigenvalue weighted by atomic mass is 16.1. The number of ketones is 1. The molecule has 0 saturated heterocycles. The van der Waals surface area contributed by atoms with Gasteiger partial charge in [-0.25, -0.2) is 0 Å². The lowest BCUT2D eigenvalue weighted by molar-refractivity contribution is 0.0809. The lowest BCUT2D eigenvalue weighted by atomic mass is 9.78. The van der Waals surface area contributed by atoms with E-state index in [4.69, 9.17) is 5.73 Å². The highest BCUT2D eigenvalue weighted by Gasteiger charge is 2.40. The average Bonchev–Trinajstić information content (AvgIpc) is 2.76. The van der Waals surface area contributed by atoms with Gasteiger partial charge in [-0.1, -0.05) is 30.0 Å². The van der Waals surface area contributed by atoms with Crippen LogP contribution >= 0.6 is 0 Å². The van der Waals surface area contributed by atoms with E-state index in [9.17, 15) is 4.79 Å². The maximum Gasteiger partial charge on any atom is 0.170 e. The molecular weight excluding hydrogens is 210 g/mol. The maximum atomic E-state index is 12.6. The summed E-state index contributed by atoms with van der Waals surface area (Å²) in [4.78, 5) is 12.6. The van der Waals surface area contributed by atoms with Crippen LogP contribution in [-0.4, -0.2) is 12.3 Å². The highest BCUT2D eigenvalue weighted by molar-refractivity contribution is 6.01. The summed E-state index contributed by atoms with van der Waals surface area (Å²) in [6.07, 6.45) is 4.17. The SMILES string of the molecule is Cc1cc(C)cc(C(=O)C2(CN)CCCC2)c1. The van der Waals surface area contributed by atoms with Gasteiger partial charge in [-0.2, -0.15) is 0 Å². The Hall–Kier alpha value is -1.15. The van der Waals surface area contributed by atoms with E-state index in [-0.39, 0.29) is 11.2 Å². The Bertz CT molecular complexity index is 410. The van der Waals surface area contributed by atoms with Crippen LogP contribution in [0, 0.1) is 19.3 Å². The largest absolute Gasteiger partial charge is 0.329 e. The molecule has 2 heteroatoms. The third-order valence-electron chi connectivity index (χ3n) is 3.92. The highest BCUT2D eigenvalue weighted by Crippen LogP contribution is 2.40. The first-order chi connectivity index (χ1) is 8.07. The van der Waals surface area contributed by atoms with Gasteiger partial charge in [-0.3, -0.25) is 4.79 Å². The summed E-state index contributed by atoms with van der Waals surface area (Å²) in [5.41, 5.74) is 8.73. The van der Waals surface area contributed by atoms with Gasteiger partial charge in [0, 0.05) is 17.5 Å². The number of carbonyl (C=O) groups excluding carboxylic acids is 1. The van der Waals surface area contributed by atoms with Gasteiger partial charge in [0.05, 0.1) is 0 Å². The molecule has 0 unspecified atom stereocenters. The van der Waals surface area contributed by atoms with Crippen molar-refractivity contribution in [3.05, 3.63) is 34.9 Å². The van der Waals surface area contributed by atoms with E-state index < -0.39 is 0 Å². The molecule has 92 valence electrons. The molecule has 1 aromatic carbocycles. The molecule has 2 rings (SSSR count). The minimum Gasteiger partial charge on any atom is -0.329 e. The molecule has 2 N–H and O–H groups in total. The predicted octanol–water partition coefficient (Wildman–Crippen LogP) is 3.01. The summed E-state index contributed by atoms with van der Waals surface area (Å²) < 4.78 is 0. The molecular formula is C15H21NO. The normalized spacial score (nSPS) is 18.3. The second-order valence-corrected chi connectivity index (χ2v) is 5.40. The second kappa shape index (κ2) is 4.61. The summed E-state index contributed by atoms with van der Waals surface area (Å²) in [5.74, 6) is 0.254. The minimum atomic E-state index is -0.278. The van der Waals surface area contributed by atoms with Gasteiger partial charge in [-0.15, -0.1) is 0 Å². The van der Waals surface area contributed by atoms with Crippen molar-refractivity contribution in [3.8, 4) is 0 Å². The standard InChI is InChI=1S/C15H21NO/c1-11-7-12(2)9-13(8-11)14(17)15(10-16)5-3-4-6-15/h7-9H,3-6,10,16H2,1-2H3. The van der Waals surface area contributed by atoms with Gasteiger partial charge in [0.25, 0.3) is 0 Å². The van der Waals surface area contributed by atoms with Crippen molar-refractivity contribution >= 4 is 5.78 Å². The van der Waals surface area contributed by atoms with E-state index in [1.54, 1.807) is 0 Å². The second-order valence-electron chi connectivity index (χ2n) is 5.40. The summed E-state index contributed by atoms with van der Waals surface area (Å²) in [6, 6.07) is 6.08. The number of aryl methyl sites for hydroxylation is 2. The molecule has 1 aliphatic rings. The molecule has 2 nitrogen and oxygen atoms in total. The van der Waals surface area contributed by atoms with Crippen LogP contribution in [0.25, 0.3) is 0 Å². The molecule has 1 saturated carbocycles. The molecule has 0 radical (unpaired) electrons. The van der Waals surface area contributed by atoms with Crippen LogP contribution in [0.4, 0.5) is 0 Å². The molecule has 0 atom stereocenters. The molecule has 17 heavy (non-hydrogen) atoms.